The summed E-state index contributed by atoms with van der Waals surface area (Å²) in [7, 11) is 14.3. The van der Waals surface area contributed by atoms with E-state index in [2.05, 4.69) is 36.4 Å². The van der Waals surface area contributed by atoms with E-state index in [-0.39, 0.29) is 64.2 Å². The van der Waals surface area contributed by atoms with Gasteiger partial charge in [0.1, 0.15) is 34.5 Å². The lowest BCUT2D eigenvalue weighted by Crippen LogP contribution is -1.99. The highest BCUT2D eigenvalue weighted by Gasteiger charge is 2.15. The maximum absolute atomic E-state index is 9.93. The summed E-state index contributed by atoms with van der Waals surface area (Å²) in [6.07, 6.45) is 6.54. The average Bonchev–Trinajstić information content (AvgIpc) is 3.12. The summed E-state index contributed by atoms with van der Waals surface area (Å²) in [5.74, 6) is 6.18. The maximum Gasteiger partial charge on any atom is 0.203 e. The summed E-state index contributed by atoms with van der Waals surface area (Å²) >= 11 is 0. The highest BCUT2D eigenvalue weighted by Crippen LogP contribution is 2.40. The van der Waals surface area contributed by atoms with Crippen molar-refractivity contribution in [3.8, 4) is 86.2 Å². The predicted octanol–water partition coefficient (Wildman–Crippen LogP) is 15.4. The van der Waals surface area contributed by atoms with Crippen LogP contribution in [0.25, 0.3) is 0 Å². The molecule has 15 nitrogen and oxygen atoms in total. The van der Waals surface area contributed by atoms with Crippen LogP contribution >= 0.6 is 0 Å². The van der Waals surface area contributed by atoms with Crippen LogP contribution in [0.1, 0.15) is 85.3 Å². The van der Waals surface area contributed by atoms with Crippen LogP contribution in [0.15, 0.2) is 140 Å². The lowest BCUT2D eigenvalue weighted by atomic mass is 10.0. The second-order valence-corrected chi connectivity index (χ2v) is 19.0. The van der Waals surface area contributed by atoms with Gasteiger partial charge in [0.2, 0.25) is 17.2 Å². The van der Waals surface area contributed by atoms with Crippen LogP contribution in [0.4, 0.5) is 0 Å². The number of ether oxygens (including phenoxy) is 9. The molecular formula is C71H94O15. The number of phenolic OH excluding ortho intramolecular Hbond substituents is 6. The van der Waals surface area contributed by atoms with E-state index in [0.717, 1.165) is 107 Å². The molecule has 8 aromatic carbocycles. The van der Waals surface area contributed by atoms with Gasteiger partial charge >= 0.3 is 0 Å². The Balaban J connectivity index is 0.000000567. The molecule has 0 amide bonds. The van der Waals surface area contributed by atoms with Crippen LogP contribution in [0, 0.1) is 13.8 Å². The Kier molecular flexibility index (Phi) is 32.9. The van der Waals surface area contributed by atoms with Crippen molar-refractivity contribution >= 4 is 0 Å². The number of aryl methyl sites for hydroxylation is 10. The lowest BCUT2D eigenvalue weighted by Gasteiger charge is -2.14. The number of methoxy groups -OCH3 is 9. The second-order valence-electron chi connectivity index (χ2n) is 19.0. The molecular weight excluding hydrogens is 1090 g/mol. The summed E-state index contributed by atoms with van der Waals surface area (Å²) < 4.78 is 47.5. The number of rotatable bonds is 21. The number of hydrogen-bond acceptors (Lipinski definition) is 15. The fourth-order valence-corrected chi connectivity index (χ4v) is 8.83. The Morgan fingerprint density at radius 2 is 0.523 bits per heavy atom. The van der Waals surface area contributed by atoms with E-state index < -0.39 is 0 Å². The average molecular weight is 1190 g/mol. The van der Waals surface area contributed by atoms with Gasteiger partial charge in [0.15, 0.2) is 34.5 Å². The summed E-state index contributed by atoms with van der Waals surface area (Å²) in [4.78, 5) is 0. The normalized spacial score (nSPS) is 9.85. The maximum atomic E-state index is 9.93. The van der Waals surface area contributed by atoms with Crippen molar-refractivity contribution in [2.75, 3.05) is 64.0 Å². The van der Waals surface area contributed by atoms with Gasteiger partial charge in [-0.05, 0) is 206 Å². The Morgan fingerprint density at radius 1 is 0.244 bits per heavy atom. The van der Waals surface area contributed by atoms with Gasteiger partial charge in [-0.15, -0.1) is 0 Å². The third-order valence-electron chi connectivity index (χ3n) is 13.4. The number of benzene rings is 8. The van der Waals surface area contributed by atoms with Crippen LogP contribution in [-0.4, -0.2) is 94.6 Å². The van der Waals surface area contributed by atoms with Gasteiger partial charge in [-0.25, -0.2) is 0 Å². The molecule has 0 saturated carbocycles. The minimum absolute atomic E-state index is 0. The third-order valence-corrected chi connectivity index (χ3v) is 13.4. The summed E-state index contributed by atoms with van der Waals surface area (Å²) in [6, 6.07) is 42.6. The van der Waals surface area contributed by atoms with Crippen LogP contribution in [-0.2, 0) is 51.4 Å². The van der Waals surface area contributed by atoms with Gasteiger partial charge < -0.3 is 73.3 Å². The van der Waals surface area contributed by atoms with E-state index in [4.69, 9.17) is 47.7 Å². The van der Waals surface area contributed by atoms with Crippen molar-refractivity contribution in [2.24, 2.45) is 0 Å². The first-order valence-corrected chi connectivity index (χ1v) is 26.5. The molecule has 0 fully saturated rings. The zero-order valence-corrected chi connectivity index (χ0v) is 48.8. The summed E-state index contributed by atoms with van der Waals surface area (Å²) in [6.45, 7) is 4.07. The molecule has 6 N–H and O–H groups in total. The topological polar surface area (TPSA) is 204 Å². The van der Waals surface area contributed by atoms with Crippen molar-refractivity contribution in [1.82, 2.24) is 0 Å². The first kappa shape index (κ1) is 74.8. The number of hydrogen-bond donors (Lipinski definition) is 6. The van der Waals surface area contributed by atoms with Gasteiger partial charge in [0.05, 0.1) is 64.0 Å². The molecule has 86 heavy (non-hydrogen) atoms. The smallest absolute Gasteiger partial charge is 0.203 e. The van der Waals surface area contributed by atoms with Crippen LogP contribution in [0.2, 0.25) is 0 Å². The van der Waals surface area contributed by atoms with Gasteiger partial charge in [0, 0.05) is 6.07 Å². The van der Waals surface area contributed by atoms with Gasteiger partial charge in [-0.2, -0.15) is 0 Å². The molecule has 0 saturated heterocycles. The molecule has 0 heterocycles. The monoisotopic (exact) mass is 1190 g/mol. The van der Waals surface area contributed by atoms with E-state index in [1.807, 2.05) is 62.4 Å². The van der Waals surface area contributed by atoms with E-state index in [9.17, 15) is 25.5 Å². The Morgan fingerprint density at radius 3 is 0.860 bits per heavy atom. The fraction of sp³-hybridized carbons (Fsp3) is 0.324. The Hall–Kier alpha value is -9.24. The highest BCUT2D eigenvalue weighted by molar-refractivity contribution is 5.55. The minimum Gasteiger partial charge on any atom is -0.508 e. The van der Waals surface area contributed by atoms with E-state index in [1.54, 1.807) is 84.1 Å². The molecule has 15 heteroatoms. The van der Waals surface area contributed by atoms with E-state index >= 15 is 0 Å². The van der Waals surface area contributed by atoms with Gasteiger partial charge in [0.25, 0.3) is 0 Å². The van der Waals surface area contributed by atoms with Crippen LogP contribution in [0.5, 0.6) is 86.2 Å². The van der Waals surface area contributed by atoms with Crippen molar-refractivity contribution in [3.63, 3.8) is 0 Å². The molecule has 0 unspecified atom stereocenters. The summed E-state index contributed by atoms with van der Waals surface area (Å²) in [5.41, 5.74) is 10.9. The van der Waals surface area contributed by atoms with Crippen molar-refractivity contribution < 1.29 is 73.3 Å². The molecule has 0 aromatic heterocycles. The largest absolute Gasteiger partial charge is 0.508 e. The molecule has 0 aliphatic carbocycles. The molecule has 0 bridgehead atoms. The van der Waals surface area contributed by atoms with E-state index in [1.165, 1.54) is 45.6 Å². The molecule has 0 aliphatic heterocycles. The molecule has 8 rings (SSSR count). The Labute approximate surface area is 511 Å². The molecule has 0 radical (unpaired) electrons. The molecule has 468 valence electrons. The highest BCUT2D eigenvalue weighted by atomic mass is 16.5. The first-order chi connectivity index (χ1) is 39.5. The molecule has 0 atom stereocenters. The molecule has 8 aromatic rings. The standard InChI is InChI=1S/C19H24O4.C18H22O4.C16H18O4.C14H14O3.4CH4/c1-13-6-7-14(10-16(13)20-2)8-9-15-11-17(21-3)19(23-5)18(12-15)22-4;1-12-5-6-13(9-15(12)20-2)7-8-14-10-16(21-3)18(19)17(11-14)22-4;1-19-14-9-12(10-15(20-2)16(14)18)7-6-11-4-3-5-13(17)8-11;15-12-5-3-10(4-6-12)1-2-11-7-13(16)9-14(17)8-11;;;;/h6-7,10-12H,8-9H2,1-5H3;5-6,9-11,19H,7-8H2,1-4H3;3-5,8-10,17-18H,6-7H2,1-2H3;3-9,15-17H,1-2H2;4*1H4. The fourth-order valence-electron chi connectivity index (χ4n) is 8.83. The summed E-state index contributed by atoms with van der Waals surface area (Å²) in [5, 5.41) is 57.0. The quantitative estimate of drug-likeness (QED) is 0.0396. The van der Waals surface area contributed by atoms with Crippen molar-refractivity contribution in [2.45, 2.75) is 94.9 Å². The van der Waals surface area contributed by atoms with Crippen LogP contribution < -0.4 is 42.6 Å². The van der Waals surface area contributed by atoms with Crippen molar-refractivity contribution in [1.29, 1.82) is 0 Å². The zero-order chi connectivity index (χ0) is 59.7. The molecule has 0 spiro atoms. The number of aromatic hydroxyl groups is 6. The van der Waals surface area contributed by atoms with Gasteiger partial charge in [-0.3, -0.25) is 0 Å². The zero-order valence-electron chi connectivity index (χ0n) is 48.8. The number of phenols is 6. The SMILES string of the molecule is C.C.C.C.COc1cc(CCc2cc(OC)c(O)c(OC)c2)ccc1C.COc1cc(CCc2cc(OC)c(OC)c(OC)c2)ccc1C.COc1cc(CCc2cccc(O)c2)cc(OC)c1O.Oc1ccc(CCc2cc(O)cc(O)c2)cc1. The third kappa shape index (κ3) is 22.4. The molecule has 0 aliphatic rings. The van der Waals surface area contributed by atoms with Gasteiger partial charge in [-0.1, -0.05) is 78.2 Å². The van der Waals surface area contributed by atoms with E-state index in [0.29, 0.717) is 40.2 Å². The predicted molar refractivity (Wildman–Crippen MR) is 347 cm³/mol. The second kappa shape index (κ2) is 37.9. The lowest BCUT2D eigenvalue weighted by molar-refractivity contribution is 0.324. The Bertz CT molecular complexity index is 3190. The first-order valence-electron chi connectivity index (χ1n) is 26.5. The minimum atomic E-state index is 0. The van der Waals surface area contributed by atoms with Crippen LogP contribution in [0.3, 0.4) is 0 Å². The van der Waals surface area contributed by atoms with Crippen molar-refractivity contribution in [3.05, 3.63) is 195 Å².